The van der Waals surface area contributed by atoms with E-state index < -0.39 is 17.9 Å². The first kappa shape index (κ1) is 20.5. The van der Waals surface area contributed by atoms with Gasteiger partial charge in [-0.25, -0.2) is 0 Å². The highest BCUT2D eigenvalue weighted by molar-refractivity contribution is 5.96. The monoisotopic (exact) mass is 425 g/mol. The molecule has 158 valence electrons. The summed E-state index contributed by atoms with van der Waals surface area (Å²) in [6.07, 6.45) is -1.82. The van der Waals surface area contributed by atoms with Crippen molar-refractivity contribution in [1.29, 1.82) is 0 Å². The molecule has 4 aromatic rings. The summed E-state index contributed by atoms with van der Waals surface area (Å²) in [6.45, 7) is 3.66. The number of aryl methyl sites for hydroxylation is 1. The van der Waals surface area contributed by atoms with Crippen LogP contribution in [0, 0.1) is 6.92 Å². The van der Waals surface area contributed by atoms with Crippen molar-refractivity contribution in [3.05, 3.63) is 83.4 Å². The van der Waals surface area contributed by atoms with Crippen LogP contribution in [0.15, 0.2) is 61.1 Å². The zero-order valence-electron chi connectivity index (χ0n) is 16.7. The molecule has 4 rings (SSSR count). The van der Waals surface area contributed by atoms with Crippen LogP contribution < -0.4 is 5.32 Å². The highest BCUT2D eigenvalue weighted by atomic mass is 19.4. The molecule has 31 heavy (non-hydrogen) atoms. The molecule has 0 aliphatic rings. The third-order valence-electron chi connectivity index (χ3n) is 4.94. The van der Waals surface area contributed by atoms with E-state index in [1.807, 2.05) is 31.2 Å². The van der Waals surface area contributed by atoms with Gasteiger partial charge in [0.15, 0.2) is 5.65 Å². The van der Waals surface area contributed by atoms with Gasteiger partial charge in [-0.2, -0.15) is 13.2 Å². The Morgan fingerprint density at radius 3 is 2.48 bits per heavy atom. The van der Waals surface area contributed by atoms with E-state index in [2.05, 4.69) is 20.5 Å². The van der Waals surface area contributed by atoms with Crippen LogP contribution >= 0.6 is 0 Å². The highest BCUT2D eigenvalue weighted by Gasteiger charge is 2.32. The number of alkyl halides is 3. The molecule has 0 radical (unpaired) electrons. The fourth-order valence-electron chi connectivity index (χ4n) is 3.20. The molecular weight excluding hydrogens is 407 g/mol. The summed E-state index contributed by atoms with van der Waals surface area (Å²) in [4.78, 5) is 16.3. The molecule has 0 fully saturated rings. The number of pyridine rings is 2. The van der Waals surface area contributed by atoms with Crippen molar-refractivity contribution in [2.45, 2.75) is 26.1 Å². The van der Waals surface area contributed by atoms with Gasteiger partial charge in [-0.05, 0) is 43.2 Å². The van der Waals surface area contributed by atoms with E-state index >= 15 is 0 Å². The molecule has 0 bridgehead atoms. The summed E-state index contributed by atoms with van der Waals surface area (Å²) in [5.74, 6) is -0.383. The van der Waals surface area contributed by atoms with E-state index in [0.29, 0.717) is 16.8 Å². The third kappa shape index (κ3) is 4.25. The average molecular weight is 425 g/mol. The Labute approximate surface area is 175 Å². The first-order valence-corrected chi connectivity index (χ1v) is 9.47. The predicted octanol–water partition coefficient (Wildman–Crippen LogP) is 4.61. The Balaban J connectivity index is 1.61. The second-order valence-electron chi connectivity index (χ2n) is 7.22. The fourth-order valence-corrected chi connectivity index (χ4v) is 3.20. The number of rotatable bonds is 4. The molecule has 1 aromatic carbocycles. The summed E-state index contributed by atoms with van der Waals surface area (Å²) in [5, 5.41) is 10.8. The minimum absolute atomic E-state index is 0.364. The second-order valence-corrected chi connectivity index (χ2v) is 7.22. The minimum atomic E-state index is -4.51. The van der Waals surface area contributed by atoms with Crippen molar-refractivity contribution in [3.8, 4) is 11.3 Å². The molecule has 0 aliphatic carbocycles. The van der Waals surface area contributed by atoms with Crippen LogP contribution in [0.3, 0.4) is 0 Å². The number of benzene rings is 1. The lowest BCUT2D eigenvalue weighted by Crippen LogP contribution is -2.27. The van der Waals surface area contributed by atoms with Crippen LogP contribution in [0.1, 0.15) is 40.1 Å². The maximum absolute atomic E-state index is 12.9. The Morgan fingerprint density at radius 1 is 1.10 bits per heavy atom. The lowest BCUT2D eigenvalue weighted by Gasteiger charge is -2.16. The van der Waals surface area contributed by atoms with E-state index in [-0.39, 0.29) is 5.91 Å². The number of hydrogen-bond donors (Lipinski definition) is 1. The van der Waals surface area contributed by atoms with Gasteiger partial charge in [0.2, 0.25) is 0 Å². The molecule has 3 heterocycles. The summed E-state index contributed by atoms with van der Waals surface area (Å²) in [7, 11) is 0. The van der Waals surface area contributed by atoms with E-state index in [0.717, 1.165) is 29.1 Å². The first-order chi connectivity index (χ1) is 14.7. The smallest absolute Gasteiger partial charge is 0.345 e. The standard InChI is InChI=1S/C22H18F3N5O/c1-13-3-5-15(6-4-13)18-9-17(10-20-29-27-12-30(18)20)21(31)28-14(2)16-7-8-19(26-11-16)22(23,24)25/h3-12,14H,1-2H3,(H,28,31)/t14-/m1/s1. The van der Waals surface area contributed by atoms with Gasteiger partial charge in [-0.15, -0.1) is 10.2 Å². The lowest BCUT2D eigenvalue weighted by atomic mass is 10.1. The van der Waals surface area contributed by atoms with Gasteiger partial charge in [0.25, 0.3) is 5.91 Å². The molecule has 0 spiro atoms. The molecule has 1 amide bonds. The van der Waals surface area contributed by atoms with E-state index in [9.17, 15) is 18.0 Å². The molecule has 0 unspecified atom stereocenters. The number of amides is 1. The summed E-state index contributed by atoms with van der Waals surface area (Å²) in [6, 6.07) is 12.8. The number of halogens is 3. The molecular formula is C22H18F3N5O. The van der Waals surface area contributed by atoms with Crippen molar-refractivity contribution in [1.82, 2.24) is 24.9 Å². The second kappa shape index (κ2) is 7.82. The van der Waals surface area contributed by atoms with Crippen LogP contribution in [0.5, 0.6) is 0 Å². The average Bonchev–Trinajstić information content (AvgIpc) is 3.22. The topological polar surface area (TPSA) is 72.2 Å². The number of nitrogens with one attached hydrogen (secondary N) is 1. The number of hydrogen-bond acceptors (Lipinski definition) is 4. The summed E-state index contributed by atoms with van der Waals surface area (Å²) >= 11 is 0. The largest absolute Gasteiger partial charge is 0.433 e. The number of nitrogens with zero attached hydrogens (tertiary/aromatic N) is 4. The normalized spacial score (nSPS) is 12.7. The Hall–Kier alpha value is -3.75. The van der Waals surface area contributed by atoms with Gasteiger partial charge in [0.1, 0.15) is 12.0 Å². The van der Waals surface area contributed by atoms with E-state index in [1.54, 1.807) is 29.8 Å². The molecule has 1 N–H and O–H groups in total. The van der Waals surface area contributed by atoms with Crippen LogP contribution in [-0.2, 0) is 6.18 Å². The van der Waals surface area contributed by atoms with Gasteiger partial charge >= 0.3 is 6.18 Å². The number of aromatic nitrogens is 4. The molecule has 9 heteroatoms. The molecule has 6 nitrogen and oxygen atoms in total. The highest BCUT2D eigenvalue weighted by Crippen LogP contribution is 2.28. The summed E-state index contributed by atoms with van der Waals surface area (Å²) < 4.78 is 39.9. The first-order valence-electron chi connectivity index (χ1n) is 9.47. The van der Waals surface area contributed by atoms with Crippen LogP contribution in [0.25, 0.3) is 16.9 Å². The van der Waals surface area contributed by atoms with Gasteiger partial charge in [-0.3, -0.25) is 14.2 Å². The van der Waals surface area contributed by atoms with Crippen molar-refractivity contribution in [2.24, 2.45) is 0 Å². The minimum Gasteiger partial charge on any atom is -0.345 e. The predicted molar refractivity (Wildman–Crippen MR) is 108 cm³/mol. The molecule has 1 atom stereocenters. The van der Waals surface area contributed by atoms with Crippen molar-refractivity contribution >= 4 is 11.6 Å². The van der Waals surface area contributed by atoms with E-state index in [1.165, 1.54) is 6.07 Å². The van der Waals surface area contributed by atoms with Crippen LogP contribution in [0.2, 0.25) is 0 Å². The fraction of sp³-hybridized carbons (Fsp3) is 0.182. The van der Waals surface area contributed by atoms with Crippen LogP contribution in [-0.4, -0.2) is 25.5 Å². The Bertz CT molecular complexity index is 1230. The quantitative estimate of drug-likeness (QED) is 0.518. The van der Waals surface area contributed by atoms with Crippen LogP contribution in [0.4, 0.5) is 13.2 Å². The zero-order chi connectivity index (χ0) is 22.2. The Kier molecular flexibility index (Phi) is 5.18. The molecule has 0 aliphatic heterocycles. The van der Waals surface area contributed by atoms with E-state index in [4.69, 9.17) is 0 Å². The molecule has 3 aromatic heterocycles. The van der Waals surface area contributed by atoms with Crippen molar-refractivity contribution in [2.75, 3.05) is 0 Å². The Morgan fingerprint density at radius 2 is 1.84 bits per heavy atom. The van der Waals surface area contributed by atoms with Gasteiger partial charge in [0, 0.05) is 11.8 Å². The third-order valence-corrected chi connectivity index (χ3v) is 4.94. The maximum atomic E-state index is 12.9. The van der Waals surface area contributed by atoms with Crippen molar-refractivity contribution in [3.63, 3.8) is 0 Å². The SMILES string of the molecule is Cc1ccc(-c2cc(C(=O)N[C@H](C)c3ccc(C(F)(F)F)nc3)cc3nncn23)cc1. The number of carbonyl (C=O) groups is 1. The van der Waals surface area contributed by atoms with Gasteiger partial charge in [0.05, 0.1) is 11.7 Å². The number of fused-ring (bicyclic) bond motifs is 1. The maximum Gasteiger partial charge on any atom is 0.433 e. The zero-order valence-corrected chi connectivity index (χ0v) is 16.7. The number of carbonyl (C=O) groups excluding carboxylic acids is 1. The lowest BCUT2D eigenvalue weighted by molar-refractivity contribution is -0.141. The molecule has 0 saturated carbocycles. The van der Waals surface area contributed by atoms with Gasteiger partial charge in [-0.1, -0.05) is 35.9 Å². The van der Waals surface area contributed by atoms with Crippen molar-refractivity contribution < 1.29 is 18.0 Å². The van der Waals surface area contributed by atoms with Gasteiger partial charge < -0.3 is 5.32 Å². The molecule has 0 saturated heterocycles. The summed E-state index contributed by atoms with van der Waals surface area (Å²) in [5.41, 5.74) is 3.10.